The van der Waals surface area contributed by atoms with E-state index >= 15 is 0 Å². The Morgan fingerprint density at radius 3 is 2.40 bits per heavy atom. The quantitative estimate of drug-likeness (QED) is 0.0987. The van der Waals surface area contributed by atoms with Gasteiger partial charge in [-0.2, -0.15) is 5.10 Å². The molecule has 2 aliphatic rings. The van der Waals surface area contributed by atoms with Crippen LogP contribution in [0.25, 0.3) is 27.5 Å². The number of fused-ring (bicyclic) bond motifs is 2. The van der Waals surface area contributed by atoms with Gasteiger partial charge in [-0.3, -0.25) is 20.2 Å². The highest BCUT2D eigenvalue weighted by Gasteiger charge is 2.43. The molecule has 0 bridgehead atoms. The van der Waals surface area contributed by atoms with Crippen LogP contribution < -0.4 is 10.6 Å². The van der Waals surface area contributed by atoms with Crippen molar-refractivity contribution in [2.24, 2.45) is 11.0 Å². The zero-order valence-corrected chi connectivity index (χ0v) is 25.7. The third kappa shape index (κ3) is 5.44. The first-order chi connectivity index (χ1) is 21.7. The summed E-state index contributed by atoms with van der Waals surface area (Å²) in [6.07, 6.45) is 6.17. The van der Waals surface area contributed by atoms with Crippen molar-refractivity contribution in [2.45, 2.75) is 25.3 Å². The number of nitrogens with zero attached hydrogens (tertiary/aromatic N) is 5. The van der Waals surface area contributed by atoms with E-state index in [1.807, 2.05) is 23.2 Å². The third-order valence-electron chi connectivity index (χ3n) is 8.04. The van der Waals surface area contributed by atoms with Crippen LogP contribution in [0.5, 0.6) is 0 Å². The minimum Gasteiger partial charge on any atom is -0.422 e. The van der Waals surface area contributed by atoms with Gasteiger partial charge < -0.3 is 4.42 Å². The topological polar surface area (TPSA) is 145 Å². The average molecular weight is 685 g/mol. The smallest absolute Gasteiger partial charge is 0.345 e. The van der Waals surface area contributed by atoms with Crippen molar-refractivity contribution in [3.8, 4) is 10.4 Å². The molecule has 7 rings (SSSR count). The molecule has 0 saturated heterocycles. The molecule has 13 heteroatoms. The Labute approximate surface area is 267 Å². The fourth-order valence-corrected chi connectivity index (χ4v) is 7.23. The van der Waals surface area contributed by atoms with Gasteiger partial charge in [-0.25, -0.2) is 14.8 Å². The summed E-state index contributed by atoms with van der Waals surface area (Å²) in [7, 11) is 0. The summed E-state index contributed by atoms with van der Waals surface area (Å²) in [6, 6.07) is 19.8. The van der Waals surface area contributed by atoms with Crippen molar-refractivity contribution in [3.05, 3.63) is 131 Å². The van der Waals surface area contributed by atoms with E-state index < -0.39 is 15.5 Å². The monoisotopic (exact) mass is 683 g/mol. The molecular weight excluding hydrogens is 662 g/mol. The number of thiazole rings is 1. The molecule has 5 aromatic rings. The summed E-state index contributed by atoms with van der Waals surface area (Å²) < 4.78 is 6.45. The van der Waals surface area contributed by atoms with Crippen molar-refractivity contribution >= 4 is 66.5 Å². The Balaban J connectivity index is 1.30. The maximum atomic E-state index is 13.0. The van der Waals surface area contributed by atoms with Gasteiger partial charge in [0, 0.05) is 46.2 Å². The highest BCUT2D eigenvalue weighted by molar-refractivity contribution is 9.10. The molecule has 224 valence electrons. The number of aromatic nitrogens is 1. The number of nitro groups is 2. The summed E-state index contributed by atoms with van der Waals surface area (Å²) >= 11 is 4.78. The lowest BCUT2D eigenvalue weighted by molar-refractivity contribution is -0.385. The Bertz CT molecular complexity index is 2110. The van der Waals surface area contributed by atoms with Crippen molar-refractivity contribution in [3.63, 3.8) is 0 Å². The van der Waals surface area contributed by atoms with Crippen LogP contribution in [0, 0.1) is 26.1 Å². The van der Waals surface area contributed by atoms with E-state index in [1.165, 1.54) is 35.6 Å². The number of rotatable bonds is 6. The molecule has 1 saturated carbocycles. The standard InChI is InChI=1S/C32H22BrN5O6S/c33-22-8-13-27-21(15-22)16-26(31(39)44-27)28-17-34-32(45-28)36-30(19-6-11-24(12-7-19)38(42)43)25-3-1-2-20(29(25)35-36)14-18-4-9-23(10-5-18)37(40)41/h4-17,25,30H,1-3H2/b20-14-/t25-,30+/m0/s1. The number of hydrogen-bond donors (Lipinski definition) is 0. The van der Waals surface area contributed by atoms with E-state index in [9.17, 15) is 25.0 Å². The normalized spacial score (nSPS) is 18.6. The maximum Gasteiger partial charge on any atom is 0.345 e. The molecule has 45 heavy (non-hydrogen) atoms. The molecule has 0 spiro atoms. The number of allylic oxidation sites excluding steroid dienone is 1. The van der Waals surface area contributed by atoms with Crippen LogP contribution in [-0.4, -0.2) is 20.5 Å². The zero-order chi connectivity index (χ0) is 31.2. The predicted octanol–water partition coefficient (Wildman–Crippen LogP) is 8.30. The first-order valence-electron chi connectivity index (χ1n) is 14.0. The lowest BCUT2D eigenvalue weighted by Gasteiger charge is -2.29. The van der Waals surface area contributed by atoms with Gasteiger partial charge in [0.1, 0.15) is 5.58 Å². The Morgan fingerprint density at radius 2 is 1.69 bits per heavy atom. The van der Waals surface area contributed by atoms with E-state index in [4.69, 9.17) is 9.52 Å². The van der Waals surface area contributed by atoms with Gasteiger partial charge in [-0.05, 0) is 78.4 Å². The van der Waals surface area contributed by atoms with Crippen LogP contribution in [0.3, 0.4) is 0 Å². The first kappa shape index (κ1) is 28.7. The number of hydrazone groups is 1. The molecule has 0 unspecified atom stereocenters. The summed E-state index contributed by atoms with van der Waals surface area (Å²) in [5, 5.41) is 30.8. The van der Waals surface area contributed by atoms with E-state index in [-0.39, 0.29) is 23.3 Å². The largest absolute Gasteiger partial charge is 0.422 e. The van der Waals surface area contributed by atoms with E-state index in [0.29, 0.717) is 21.2 Å². The number of hydrogen-bond acceptors (Lipinski definition) is 10. The minimum absolute atomic E-state index is 0.00182. The molecule has 0 radical (unpaired) electrons. The van der Waals surface area contributed by atoms with Crippen LogP contribution in [-0.2, 0) is 0 Å². The fraction of sp³-hybridized carbons (Fsp3) is 0.156. The molecule has 1 fully saturated rings. The van der Waals surface area contributed by atoms with Gasteiger partial charge in [0.25, 0.3) is 11.4 Å². The molecule has 0 N–H and O–H groups in total. The number of benzene rings is 3. The van der Waals surface area contributed by atoms with Crippen LogP contribution in [0.15, 0.2) is 103 Å². The average Bonchev–Trinajstić information content (AvgIpc) is 3.67. The second-order valence-electron chi connectivity index (χ2n) is 10.8. The van der Waals surface area contributed by atoms with Crippen LogP contribution in [0.2, 0.25) is 0 Å². The van der Waals surface area contributed by atoms with Gasteiger partial charge in [-0.1, -0.05) is 39.4 Å². The molecule has 3 heterocycles. The third-order valence-corrected chi connectivity index (χ3v) is 9.55. The Kier molecular flexibility index (Phi) is 7.34. The summed E-state index contributed by atoms with van der Waals surface area (Å²) in [4.78, 5) is 39.9. The van der Waals surface area contributed by atoms with Gasteiger partial charge in [0.05, 0.1) is 32.0 Å². The summed E-state index contributed by atoms with van der Waals surface area (Å²) in [6.45, 7) is 0. The molecular formula is C32H22BrN5O6S. The molecule has 2 aromatic heterocycles. The van der Waals surface area contributed by atoms with E-state index in [1.54, 1.807) is 42.6 Å². The Hall–Kier alpha value is -5.01. The van der Waals surface area contributed by atoms with Crippen LogP contribution in [0.1, 0.15) is 36.4 Å². The van der Waals surface area contributed by atoms with Crippen LogP contribution in [0.4, 0.5) is 16.5 Å². The molecule has 0 amide bonds. The SMILES string of the molecule is O=c1oc2ccc(Br)cc2cc1-c1cnc(N2N=C3/C(=C\c4ccc([N+](=O)[O-])cc4)CCC[C@@H]3[C@H]2c2ccc([N+](=O)[O-])cc2)s1. The Morgan fingerprint density at radius 1 is 0.978 bits per heavy atom. The highest BCUT2D eigenvalue weighted by atomic mass is 79.9. The van der Waals surface area contributed by atoms with Gasteiger partial charge in [0.15, 0.2) is 0 Å². The van der Waals surface area contributed by atoms with Gasteiger partial charge in [0.2, 0.25) is 5.13 Å². The van der Waals surface area contributed by atoms with E-state index in [2.05, 4.69) is 20.9 Å². The zero-order valence-electron chi connectivity index (χ0n) is 23.3. The van der Waals surface area contributed by atoms with Crippen molar-refractivity contribution in [1.82, 2.24) is 4.98 Å². The van der Waals surface area contributed by atoms with Crippen molar-refractivity contribution < 1.29 is 14.3 Å². The molecule has 2 atom stereocenters. The van der Waals surface area contributed by atoms with Crippen LogP contribution >= 0.6 is 27.3 Å². The molecule has 11 nitrogen and oxygen atoms in total. The van der Waals surface area contributed by atoms with E-state index in [0.717, 1.165) is 51.5 Å². The van der Waals surface area contributed by atoms with Gasteiger partial charge >= 0.3 is 5.63 Å². The van der Waals surface area contributed by atoms with Gasteiger partial charge in [-0.15, -0.1) is 0 Å². The molecule has 1 aliphatic carbocycles. The first-order valence-corrected chi connectivity index (χ1v) is 15.6. The second-order valence-corrected chi connectivity index (χ2v) is 12.7. The molecule has 3 aromatic carbocycles. The predicted molar refractivity (Wildman–Crippen MR) is 175 cm³/mol. The number of nitro benzene ring substituents is 2. The number of halogens is 1. The highest BCUT2D eigenvalue weighted by Crippen LogP contribution is 2.48. The van der Waals surface area contributed by atoms with Crippen molar-refractivity contribution in [2.75, 3.05) is 5.01 Å². The fourth-order valence-electron chi connectivity index (χ4n) is 5.94. The maximum absolute atomic E-state index is 13.0. The number of anilines is 1. The summed E-state index contributed by atoms with van der Waals surface area (Å²) in [5.74, 6) is -0.0278. The van der Waals surface area contributed by atoms with Crippen molar-refractivity contribution in [1.29, 1.82) is 0 Å². The lowest BCUT2D eigenvalue weighted by atomic mass is 9.77. The number of non-ortho nitro benzene ring substituents is 2. The summed E-state index contributed by atoms with van der Waals surface area (Å²) in [5.41, 5.74) is 4.01. The second kappa shape index (κ2) is 11.5. The lowest BCUT2D eigenvalue weighted by Crippen LogP contribution is -2.28. The minimum atomic E-state index is -0.471. The molecule has 1 aliphatic heterocycles.